The minimum Gasteiger partial charge on any atom is -0.316 e. The van der Waals surface area contributed by atoms with Gasteiger partial charge >= 0.3 is 0 Å². The number of pyridine rings is 1. The van der Waals surface area contributed by atoms with Gasteiger partial charge in [-0.05, 0) is 40.3 Å². The summed E-state index contributed by atoms with van der Waals surface area (Å²) in [7, 11) is 1.98. The van der Waals surface area contributed by atoms with Crippen LogP contribution in [0.5, 0.6) is 0 Å². The summed E-state index contributed by atoms with van der Waals surface area (Å²) in [5, 5.41) is 14.4. The van der Waals surface area contributed by atoms with E-state index in [2.05, 4.69) is 15.2 Å². The number of aryl methyl sites for hydroxylation is 1. The molecule has 0 bridgehead atoms. The van der Waals surface area contributed by atoms with E-state index in [1.165, 1.54) is 6.42 Å². The van der Waals surface area contributed by atoms with Crippen molar-refractivity contribution >= 4 is 5.69 Å². The van der Waals surface area contributed by atoms with Crippen LogP contribution < -0.4 is 5.32 Å². The summed E-state index contributed by atoms with van der Waals surface area (Å²) in [5.41, 5.74) is 2.35. The van der Waals surface area contributed by atoms with E-state index in [-0.39, 0.29) is 10.6 Å². The third-order valence-corrected chi connectivity index (χ3v) is 4.05. The summed E-state index contributed by atoms with van der Waals surface area (Å²) in [5.74, 6) is 0. The maximum atomic E-state index is 11.1. The fourth-order valence-corrected chi connectivity index (χ4v) is 2.85. The molecule has 1 N–H and O–H groups in total. The van der Waals surface area contributed by atoms with Gasteiger partial charge in [0.15, 0.2) is 0 Å². The molecule has 0 aliphatic carbocycles. The van der Waals surface area contributed by atoms with E-state index in [1.807, 2.05) is 7.05 Å². The summed E-state index contributed by atoms with van der Waals surface area (Å²) in [4.78, 5) is 17.6. The standard InChI is InChI=1S/C14H22N4O2/c1-10-7-16-13(11(2)14(10)18(19)20)9-17-6-4-5-12(8-17)15-3/h7,12,15H,4-6,8-9H2,1-3H3. The monoisotopic (exact) mass is 278 g/mol. The number of hydrogen-bond acceptors (Lipinski definition) is 5. The highest BCUT2D eigenvalue weighted by Gasteiger charge is 2.23. The lowest BCUT2D eigenvalue weighted by atomic mass is 10.0. The lowest BCUT2D eigenvalue weighted by Gasteiger charge is -2.32. The Morgan fingerprint density at radius 1 is 1.55 bits per heavy atom. The molecule has 1 unspecified atom stereocenters. The first-order chi connectivity index (χ1) is 9.52. The number of likely N-dealkylation sites (N-methyl/N-ethyl adjacent to an activating group) is 1. The Kier molecular flexibility index (Phi) is 4.67. The van der Waals surface area contributed by atoms with Gasteiger partial charge in [0.25, 0.3) is 5.69 Å². The number of rotatable bonds is 4. The number of nitrogens with one attached hydrogen (secondary N) is 1. The zero-order valence-electron chi connectivity index (χ0n) is 12.3. The van der Waals surface area contributed by atoms with Crippen LogP contribution in [0.2, 0.25) is 0 Å². The van der Waals surface area contributed by atoms with Crippen molar-refractivity contribution in [3.63, 3.8) is 0 Å². The lowest BCUT2D eigenvalue weighted by Crippen LogP contribution is -2.44. The molecular weight excluding hydrogens is 256 g/mol. The topological polar surface area (TPSA) is 71.3 Å². The summed E-state index contributed by atoms with van der Waals surface area (Å²) in [6.45, 7) is 6.22. The number of nitro groups is 1. The van der Waals surface area contributed by atoms with E-state index >= 15 is 0 Å². The zero-order chi connectivity index (χ0) is 14.7. The van der Waals surface area contributed by atoms with Crippen LogP contribution in [0.15, 0.2) is 6.20 Å². The van der Waals surface area contributed by atoms with Crippen molar-refractivity contribution in [2.24, 2.45) is 0 Å². The zero-order valence-corrected chi connectivity index (χ0v) is 12.3. The van der Waals surface area contributed by atoms with Gasteiger partial charge < -0.3 is 5.32 Å². The van der Waals surface area contributed by atoms with E-state index in [0.29, 0.717) is 23.7 Å². The molecule has 1 fully saturated rings. The molecule has 2 rings (SSSR count). The van der Waals surface area contributed by atoms with Crippen molar-refractivity contribution in [2.75, 3.05) is 20.1 Å². The van der Waals surface area contributed by atoms with Crippen LogP contribution in [0, 0.1) is 24.0 Å². The molecule has 1 aliphatic rings. The fourth-order valence-electron chi connectivity index (χ4n) is 2.85. The number of piperidine rings is 1. The number of likely N-dealkylation sites (tertiary alicyclic amines) is 1. The summed E-state index contributed by atoms with van der Waals surface area (Å²) in [6.07, 6.45) is 3.95. The van der Waals surface area contributed by atoms with Gasteiger partial charge in [0.2, 0.25) is 0 Å². The summed E-state index contributed by atoms with van der Waals surface area (Å²) >= 11 is 0. The van der Waals surface area contributed by atoms with Gasteiger partial charge in [-0.25, -0.2) is 0 Å². The highest BCUT2D eigenvalue weighted by molar-refractivity contribution is 5.47. The van der Waals surface area contributed by atoms with E-state index in [4.69, 9.17) is 0 Å². The molecular formula is C14H22N4O2. The smallest absolute Gasteiger partial charge is 0.278 e. The second-order valence-corrected chi connectivity index (χ2v) is 5.48. The van der Waals surface area contributed by atoms with Gasteiger partial charge in [-0.15, -0.1) is 0 Å². The molecule has 20 heavy (non-hydrogen) atoms. The number of nitrogens with zero attached hydrogens (tertiary/aromatic N) is 3. The van der Waals surface area contributed by atoms with Crippen molar-refractivity contribution in [3.8, 4) is 0 Å². The summed E-state index contributed by atoms with van der Waals surface area (Å²) in [6, 6.07) is 0.504. The SMILES string of the molecule is CNC1CCCN(Cc2ncc(C)c([N+](=O)[O-])c2C)C1. The number of hydrogen-bond donors (Lipinski definition) is 1. The van der Waals surface area contributed by atoms with Crippen LogP contribution in [-0.2, 0) is 6.54 Å². The van der Waals surface area contributed by atoms with Gasteiger partial charge in [-0.2, -0.15) is 0 Å². The van der Waals surface area contributed by atoms with E-state index < -0.39 is 0 Å². The molecule has 0 radical (unpaired) electrons. The van der Waals surface area contributed by atoms with Crippen molar-refractivity contribution in [2.45, 2.75) is 39.3 Å². The van der Waals surface area contributed by atoms with Crippen molar-refractivity contribution in [3.05, 3.63) is 33.1 Å². The molecule has 0 amide bonds. The number of aromatic nitrogens is 1. The maximum absolute atomic E-state index is 11.1. The van der Waals surface area contributed by atoms with Crippen LogP contribution in [0.4, 0.5) is 5.69 Å². The van der Waals surface area contributed by atoms with Crippen LogP contribution in [0.25, 0.3) is 0 Å². The first-order valence-corrected chi connectivity index (χ1v) is 7.02. The van der Waals surface area contributed by atoms with E-state index in [1.54, 1.807) is 20.0 Å². The fraction of sp³-hybridized carbons (Fsp3) is 0.643. The van der Waals surface area contributed by atoms with Gasteiger partial charge in [-0.3, -0.25) is 20.0 Å². The van der Waals surface area contributed by atoms with Gasteiger partial charge in [0.1, 0.15) is 0 Å². The molecule has 2 heterocycles. The Labute approximate surface area is 119 Å². The first-order valence-electron chi connectivity index (χ1n) is 7.02. The molecule has 1 atom stereocenters. The van der Waals surface area contributed by atoms with Crippen molar-refractivity contribution < 1.29 is 4.92 Å². The highest BCUT2D eigenvalue weighted by atomic mass is 16.6. The molecule has 1 aliphatic heterocycles. The Morgan fingerprint density at radius 2 is 2.30 bits per heavy atom. The molecule has 0 saturated carbocycles. The first kappa shape index (κ1) is 14.9. The van der Waals surface area contributed by atoms with Crippen LogP contribution in [-0.4, -0.2) is 41.0 Å². The quantitative estimate of drug-likeness (QED) is 0.671. The molecule has 1 saturated heterocycles. The van der Waals surface area contributed by atoms with Crippen molar-refractivity contribution in [1.29, 1.82) is 0 Å². The molecule has 0 aromatic carbocycles. The minimum absolute atomic E-state index is 0.206. The van der Waals surface area contributed by atoms with Gasteiger partial charge in [-0.1, -0.05) is 0 Å². The van der Waals surface area contributed by atoms with Crippen LogP contribution in [0.1, 0.15) is 29.7 Å². The minimum atomic E-state index is -0.303. The molecule has 1 aromatic heterocycles. The molecule has 1 aromatic rings. The molecule has 6 nitrogen and oxygen atoms in total. The summed E-state index contributed by atoms with van der Waals surface area (Å²) < 4.78 is 0. The average Bonchev–Trinajstić information content (AvgIpc) is 2.42. The second kappa shape index (κ2) is 6.28. The molecule has 110 valence electrons. The molecule has 0 spiro atoms. The predicted octanol–water partition coefficient (Wildman–Crippen LogP) is 1.79. The Bertz CT molecular complexity index is 504. The van der Waals surface area contributed by atoms with Gasteiger partial charge in [0.05, 0.1) is 10.6 Å². The predicted molar refractivity (Wildman–Crippen MR) is 77.7 cm³/mol. The van der Waals surface area contributed by atoms with E-state index in [9.17, 15) is 10.1 Å². The van der Waals surface area contributed by atoms with E-state index in [0.717, 1.165) is 25.2 Å². The third-order valence-electron chi connectivity index (χ3n) is 4.05. The lowest BCUT2D eigenvalue weighted by molar-refractivity contribution is -0.386. The van der Waals surface area contributed by atoms with Gasteiger partial charge in [0, 0.05) is 36.5 Å². The second-order valence-electron chi connectivity index (χ2n) is 5.48. The largest absolute Gasteiger partial charge is 0.316 e. The Hall–Kier alpha value is -1.53. The maximum Gasteiger partial charge on any atom is 0.278 e. The van der Waals surface area contributed by atoms with Crippen molar-refractivity contribution in [1.82, 2.24) is 15.2 Å². The Morgan fingerprint density at radius 3 is 2.95 bits per heavy atom. The third kappa shape index (κ3) is 3.13. The molecule has 6 heteroatoms. The highest BCUT2D eigenvalue weighted by Crippen LogP contribution is 2.25. The Balaban J connectivity index is 2.17. The average molecular weight is 278 g/mol. The normalized spacial score (nSPS) is 20.1. The van der Waals surface area contributed by atoms with Crippen LogP contribution >= 0.6 is 0 Å². The van der Waals surface area contributed by atoms with Crippen LogP contribution in [0.3, 0.4) is 0 Å².